The van der Waals surface area contributed by atoms with Crippen molar-refractivity contribution in [2.24, 2.45) is 0 Å². The van der Waals surface area contributed by atoms with E-state index in [1.54, 1.807) is 11.3 Å². The number of hydrogen-bond donors (Lipinski definition) is 2. The molecule has 9 heavy (non-hydrogen) atoms. The van der Waals surface area contributed by atoms with E-state index in [1.165, 1.54) is 0 Å². The fourth-order valence-corrected chi connectivity index (χ4v) is 1.84. The zero-order valence-electron chi connectivity index (χ0n) is 4.72. The van der Waals surface area contributed by atoms with Crippen molar-refractivity contribution in [3.8, 4) is 0 Å². The van der Waals surface area contributed by atoms with Gasteiger partial charge in [0.25, 0.3) is 0 Å². The Morgan fingerprint density at radius 3 is 1.67 bits per heavy atom. The number of thiophene rings is 2. The van der Waals surface area contributed by atoms with Crippen LogP contribution in [0.1, 0.15) is 0 Å². The minimum Gasteiger partial charge on any atom is -0.396 e. The molecule has 2 heterocycles. The van der Waals surface area contributed by atoms with Crippen LogP contribution in [-0.4, -0.2) is 0 Å². The zero-order chi connectivity index (χ0) is 6.43. The molecular formula is C6H6N2S. The Labute approximate surface area is 56.4 Å². The molecule has 2 nitrogen and oxygen atoms in total. The Kier molecular flexibility index (Phi) is 0.706. The van der Waals surface area contributed by atoms with E-state index in [4.69, 9.17) is 11.5 Å². The Hall–Kier alpha value is -0.960. The molecule has 0 amide bonds. The smallest absolute Gasteiger partial charge is 0.0737 e. The summed E-state index contributed by atoms with van der Waals surface area (Å²) in [6.07, 6.45) is 0. The van der Waals surface area contributed by atoms with Crippen LogP contribution in [0.4, 0.5) is 11.4 Å². The molecule has 0 fully saturated rings. The first-order valence-electron chi connectivity index (χ1n) is 2.65. The van der Waals surface area contributed by atoms with Gasteiger partial charge in [-0.2, -0.15) is 0 Å². The van der Waals surface area contributed by atoms with Gasteiger partial charge in [-0.3, -0.25) is 0 Å². The van der Waals surface area contributed by atoms with Crippen LogP contribution in [0.25, 0.3) is 9.40 Å². The van der Waals surface area contributed by atoms with E-state index in [0.717, 1.165) is 20.8 Å². The normalized spacial score (nSPS) is 11.1. The topological polar surface area (TPSA) is 52.0 Å². The van der Waals surface area contributed by atoms with E-state index in [0.29, 0.717) is 0 Å². The molecule has 2 rings (SSSR count). The third-order valence-electron chi connectivity index (χ3n) is 1.43. The highest BCUT2D eigenvalue weighted by atomic mass is 32.1. The van der Waals surface area contributed by atoms with Gasteiger partial charge in [0.2, 0.25) is 0 Å². The largest absolute Gasteiger partial charge is 0.396 e. The minimum absolute atomic E-state index is 0.748. The van der Waals surface area contributed by atoms with Gasteiger partial charge < -0.3 is 11.5 Å². The summed E-state index contributed by atoms with van der Waals surface area (Å²) in [7, 11) is 0. The molecule has 0 aliphatic heterocycles. The maximum atomic E-state index is 5.59. The van der Waals surface area contributed by atoms with E-state index in [1.807, 2.05) is 12.1 Å². The van der Waals surface area contributed by atoms with Crippen LogP contribution in [0.2, 0.25) is 0 Å². The van der Waals surface area contributed by atoms with Gasteiger partial charge in [0.15, 0.2) is 0 Å². The number of nitrogens with two attached hydrogens (primary N) is 2. The Morgan fingerprint density at radius 2 is 1.44 bits per heavy atom. The van der Waals surface area contributed by atoms with Gasteiger partial charge in [-0.15, -0.1) is 11.3 Å². The van der Waals surface area contributed by atoms with Gasteiger partial charge in [0.1, 0.15) is 0 Å². The van der Waals surface area contributed by atoms with Crippen molar-refractivity contribution in [1.29, 1.82) is 0 Å². The van der Waals surface area contributed by atoms with Crippen LogP contribution in [0.15, 0.2) is 12.1 Å². The Bertz CT molecular complexity index is 295. The monoisotopic (exact) mass is 138 g/mol. The summed E-state index contributed by atoms with van der Waals surface area (Å²) in [5.41, 5.74) is 12.7. The fraction of sp³-hybridized carbons (Fsp3) is 0. The highest BCUT2D eigenvalue weighted by Gasteiger charge is 2.06. The van der Waals surface area contributed by atoms with Crippen LogP contribution in [0.3, 0.4) is 0 Å². The van der Waals surface area contributed by atoms with Crippen molar-refractivity contribution in [2.75, 3.05) is 11.5 Å². The molecule has 0 radical (unpaired) electrons. The molecule has 4 N–H and O–H groups in total. The fourth-order valence-electron chi connectivity index (χ4n) is 0.893. The molecule has 2 aromatic heterocycles. The summed E-state index contributed by atoms with van der Waals surface area (Å²) in [5, 5.41) is 0. The van der Waals surface area contributed by atoms with Crippen molar-refractivity contribution in [1.82, 2.24) is 0 Å². The Balaban J connectivity index is 2.99. The summed E-state index contributed by atoms with van der Waals surface area (Å²) >= 11 is 1.65. The number of benzene rings is 1. The lowest BCUT2D eigenvalue weighted by Gasteiger charge is -1.91. The van der Waals surface area contributed by atoms with E-state index < -0.39 is 0 Å². The van der Waals surface area contributed by atoms with Crippen LogP contribution in [0, 0.1) is 0 Å². The van der Waals surface area contributed by atoms with Crippen LogP contribution < -0.4 is 11.5 Å². The molecule has 0 aromatic carbocycles. The number of hydrogen-bond acceptors (Lipinski definition) is 3. The first kappa shape index (κ1) is 4.88. The van der Waals surface area contributed by atoms with E-state index >= 15 is 0 Å². The van der Waals surface area contributed by atoms with Crippen molar-refractivity contribution in [3.63, 3.8) is 0 Å². The van der Waals surface area contributed by atoms with Gasteiger partial charge in [0, 0.05) is 0 Å². The molecule has 0 saturated heterocycles. The summed E-state index contributed by atoms with van der Waals surface area (Å²) < 4.78 is 2.20. The molecule has 0 saturated carbocycles. The average Bonchev–Trinajstić information content (AvgIpc) is 2.37. The third-order valence-corrected chi connectivity index (χ3v) is 2.58. The highest BCUT2D eigenvalue weighted by Crippen LogP contribution is 2.38. The predicted octanol–water partition coefficient (Wildman–Crippen LogP) is 1.50. The lowest BCUT2D eigenvalue weighted by Crippen LogP contribution is -1.90. The van der Waals surface area contributed by atoms with E-state index in [2.05, 4.69) is 0 Å². The van der Waals surface area contributed by atoms with Gasteiger partial charge in [-0.25, -0.2) is 0 Å². The lowest BCUT2D eigenvalue weighted by molar-refractivity contribution is 1.83. The second-order valence-electron chi connectivity index (χ2n) is 1.99. The number of nitrogen functional groups attached to an aromatic ring is 2. The van der Waals surface area contributed by atoms with Crippen LogP contribution in [0.5, 0.6) is 0 Å². The van der Waals surface area contributed by atoms with Gasteiger partial charge in [-0.1, -0.05) is 0 Å². The number of rotatable bonds is 0. The molecule has 0 aliphatic carbocycles. The summed E-state index contributed by atoms with van der Waals surface area (Å²) in [6, 6.07) is 3.98. The third kappa shape index (κ3) is 0.445. The molecule has 46 valence electrons. The minimum atomic E-state index is 0.748. The first-order valence-corrected chi connectivity index (χ1v) is 3.46. The quantitative estimate of drug-likeness (QED) is 0.542. The maximum Gasteiger partial charge on any atom is 0.0737 e. The van der Waals surface area contributed by atoms with Crippen LogP contribution in [-0.2, 0) is 0 Å². The second kappa shape index (κ2) is 1.30. The number of fused-ring (bicyclic) bond motifs is 2. The molecule has 0 atom stereocenters. The van der Waals surface area contributed by atoms with Crippen molar-refractivity contribution in [3.05, 3.63) is 12.1 Å². The Morgan fingerprint density at radius 1 is 1.00 bits per heavy atom. The highest BCUT2D eigenvalue weighted by molar-refractivity contribution is 7.25. The van der Waals surface area contributed by atoms with E-state index in [-0.39, 0.29) is 0 Å². The average molecular weight is 138 g/mol. The van der Waals surface area contributed by atoms with Crippen molar-refractivity contribution >= 4 is 32.1 Å². The van der Waals surface area contributed by atoms with Gasteiger partial charge in [-0.05, 0) is 12.1 Å². The standard InChI is InChI=1S/C6H6N2S/c7-5-3-1-2-4(9-3)6(5)8/h1-2H,7-8H2. The molecular weight excluding hydrogens is 132 g/mol. The number of anilines is 2. The zero-order valence-corrected chi connectivity index (χ0v) is 5.53. The van der Waals surface area contributed by atoms with E-state index in [9.17, 15) is 0 Å². The van der Waals surface area contributed by atoms with Gasteiger partial charge in [0.05, 0.1) is 20.8 Å². The summed E-state index contributed by atoms with van der Waals surface area (Å²) in [5.74, 6) is 0. The molecule has 0 aliphatic rings. The van der Waals surface area contributed by atoms with Crippen molar-refractivity contribution in [2.45, 2.75) is 0 Å². The van der Waals surface area contributed by atoms with Gasteiger partial charge >= 0.3 is 0 Å². The predicted molar refractivity (Wildman–Crippen MR) is 41.8 cm³/mol. The molecule has 2 bridgehead atoms. The summed E-state index contributed by atoms with van der Waals surface area (Å²) in [6.45, 7) is 0. The lowest BCUT2D eigenvalue weighted by atomic mass is 10.3. The van der Waals surface area contributed by atoms with Crippen LogP contribution >= 0.6 is 11.3 Å². The van der Waals surface area contributed by atoms with Crippen molar-refractivity contribution < 1.29 is 0 Å². The summed E-state index contributed by atoms with van der Waals surface area (Å²) in [4.78, 5) is 0. The SMILES string of the molecule is Nc1c(N)c2ccc1s2. The molecule has 3 heteroatoms. The molecule has 2 aromatic rings. The molecule has 0 unspecified atom stereocenters. The second-order valence-corrected chi connectivity index (χ2v) is 3.08. The maximum absolute atomic E-state index is 5.59. The first-order chi connectivity index (χ1) is 4.29. The molecule has 0 spiro atoms.